The fourth-order valence-corrected chi connectivity index (χ4v) is 6.23. The summed E-state index contributed by atoms with van der Waals surface area (Å²) in [6.07, 6.45) is 1.55. The number of nitrogens with one attached hydrogen (secondary N) is 5. The second-order valence-corrected chi connectivity index (χ2v) is 15.5. The van der Waals surface area contributed by atoms with Crippen LogP contribution < -0.4 is 26.6 Å². The molecular formula is C35H61N7O7. The van der Waals surface area contributed by atoms with E-state index in [0.29, 0.717) is 19.3 Å². The molecule has 14 nitrogen and oxygen atoms in total. The smallest absolute Gasteiger partial charge is 0.245 e. The van der Waals surface area contributed by atoms with Gasteiger partial charge in [-0.25, -0.2) is 0 Å². The van der Waals surface area contributed by atoms with Gasteiger partial charge in [-0.2, -0.15) is 0 Å². The highest BCUT2D eigenvalue weighted by Crippen LogP contribution is 2.22. The number of fused-ring (bicyclic) bond motifs is 1. The maximum absolute atomic E-state index is 14.1. The number of rotatable bonds is 10. The SMILES string of the molecule is CC(C)C[C@@H]1NC(=O)[C@@H](CC(C)C)NC(=O)[C@H](CC(C)C)NC(=O)[C@@H](CC(=O)N(C)C)NC(=O)[C@H]2CCCN2C(=O)[C@H](CC(C)C)NC1=O. The summed E-state index contributed by atoms with van der Waals surface area (Å²) in [6.45, 7) is 15.5. The second-order valence-electron chi connectivity index (χ2n) is 15.5. The minimum absolute atomic E-state index is 0.00895. The van der Waals surface area contributed by atoms with Crippen molar-refractivity contribution in [3.8, 4) is 0 Å². The van der Waals surface area contributed by atoms with Gasteiger partial charge in [0.25, 0.3) is 0 Å². The van der Waals surface area contributed by atoms with Crippen LogP contribution in [-0.2, 0) is 33.6 Å². The van der Waals surface area contributed by atoms with Crippen LogP contribution in [0.4, 0.5) is 0 Å². The summed E-state index contributed by atoms with van der Waals surface area (Å²) in [5.74, 6) is -3.88. The molecule has 5 N–H and O–H groups in total. The fraction of sp³-hybridized carbons (Fsp3) is 0.800. The molecule has 0 radical (unpaired) electrons. The zero-order valence-corrected chi connectivity index (χ0v) is 31.2. The van der Waals surface area contributed by atoms with Gasteiger partial charge in [0.2, 0.25) is 41.4 Å². The third-order valence-corrected chi connectivity index (χ3v) is 8.69. The minimum atomic E-state index is -1.33. The summed E-state index contributed by atoms with van der Waals surface area (Å²) in [5, 5.41) is 13.9. The van der Waals surface area contributed by atoms with Crippen LogP contribution in [-0.4, -0.2) is 108 Å². The van der Waals surface area contributed by atoms with Crippen LogP contribution in [0.1, 0.15) is 100 Å². The molecule has 0 unspecified atom stereocenters. The van der Waals surface area contributed by atoms with Gasteiger partial charge in [0.1, 0.15) is 36.3 Å². The Morgan fingerprint density at radius 1 is 0.592 bits per heavy atom. The van der Waals surface area contributed by atoms with Crippen molar-refractivity contribution in [2.45, 2.75) is 137 Å². The number of hydrogen-bond acceptors (Lipinski definition) is 7. The molecule has 0 aromatic heterocycles. The molecule has 0 aromatic carbocycles. The van der Waals surface area contributed by atoms with Crippen LogP contribution in [0.2, 0.25) is 0 Å². The van der Waals surface area contributed by atoms with Crippen molar-refractivity contribution in [2.24, 2.45) is 23.7 Å². The van der Waals surface area contributed by atoms with Gasteiger partial charge < -0.3 is 36.4 Å². The van der Waals surface area contributed by atoms with Crippen LogP contribution >= 0.6 is 0 Å². The van der Waals surface area contributed by atoms with Crippen LogP contribution in [0.5, 0.6) is 0 Å². The molecule has 49 heavy (non-hydrogen) atoms. The van der Waals surface area contributed by atoms with Crippen LogP contribution in [0, 0.1) is 23.7 Å². The Kier molecular flexibility index (Phi) is 16.0. The lowest BCUT2D eigenvalue weighted by Gasteiger charge is -2.32. The molecule has 14 heteroatoms. The molecule has 2 saturated heterocycles. The predicted molar refractivity (Wildman–Crippen MR) is 186 cm³/mol. The molecule has 2 heterocycles. The number of nitrogens with zero attached hydrogens (tertiary/aromatic N) is 2. The van der Waals surface area contributed by atoms with E-state index in [9.17, 15) is 33.6 Å². The average Bonchev–Trinajstić information content (AvgIpc) is 3.47. The van der Waals surface area contributed by atoms with Gasteiger partial charge in [-0.3, -0.25) is 33.6 Å². The van der Waals surface area contributed by atoms with Crippen molar-refractivity contribution in [1.82, 2.24) is 36.4 Å². The molecule has 6 atom stereocenters. The largest absolute Gasteiger partial charge is 0.349 e. The van der Waals surface area contributed by atoms with Crippen molar-refractivity contribution in [2.75, 3.05) is 20.6 Å². The summed E-state index contributed by atoms with van der Waals surface area (Å²) in [4.78, 5) is 98.6. The molecule has 2 aliphatic rings. The first kappa shape index (κ1) is 41.5. The molecule has 0 spiro atoms. The number of carbonyl (C=O) groups is 7. The molecule has 2 fully saturated rings. The van der Waals surface area contributed by atoms with E-state index in [1.54, 1.807) is 0 Å². The molecule has 278 valence electrons. The molecule has 7 amide bonds. The fourth-order valence-electron chi connectivity index (χ4n) is 6.23. The predicted octanol–water partition coefficient (Wildman–Crippen LogP) is 1.08. The van der Waals surface area contributed by atoms with E-state index < -0.39 is 77.6 Å². The molecule has 0 saturated carbocycles. The molecule has 0 aromatic rings. The Morgan fingerprint density at radius 3 is 1.33 bits per heavy atom. The van der Waals surface area contributed by atoms with Gasteiger partial charge in [0.05, 0.1) is 6.42 Å². The summed E-state index contributed by atoms with van der Waals surface area (Å²) in [6, 6.07) is -6.33. The van der Waals surface area contributed by atoms with Crippen molar-refractivity contribution < 1.29 is 33.6 Å². The average molecular weight is 692 g/mol. The van der Waals surface area contributed by atoms with Gasteiger partial charge in [-0.15, -0.1) is 0 Å². The first-order valence-electron chi connectivity index (χ1n) is 17.8. The maximum atomic E-state index is 14.1. The lowest BCUT2D eigenvalue weighted by molar-refractivity contribution is -0.143. The van der Waals surface area contributed by atoms with Crippen molar-refractivity contribution in [1.29, 1.82) is 0 Å². The standard InChI is InChI=1S/C35H61N7O7/c1-19(2)14-23-30(44)37-25(16-21(5)6)32(46)40-27(17-22(7)8)35(49)42-13-11-12-28(42)34(48)39-26(18-29(43)41(9)10)33(47)38-24(15-20(3)4)31(45)36-23/h19-28H,11-18H2,1-10H3,(H,36,45)(H,37,44)(H,38,47)(H,39,48)(H,40,46)/t23-,24+,25+,26-,27+,28-/m1/s1. The summed E-state index contributed by atoms with van der Waals surface area (Å²) in [7, 11) is 3.06. The Morgan fingerprint density at radius 2 is 0.939 bits per heavy atom. The number of amides is 7. The van der Waals surface area contributed by atoms with E-state index in [4.69, 9.17) is 0 Å². The van der Waals surface area contributed by atoms with Crippen molar-refractivity contribution in [3.63, 3.8) is 0 Å². The zero-order valence-electron chi connectivity index (χ0n) is 31.2. The van der Waals surface area contributed by atoms with Crippen molar-refractivity contribution in [3.05, 3.63) is 0 Å². The van der Waals surface area contributed by atoms with Crippen molar-refractivity contribution >= 4 is 41.4 Å². The summed E-state index contributed by atoms with van der Waals surface area (Å²) in [5.41, 5.74) is 0. The lowest BCUT2D eigenvalue weighted by atomic mass is 9.97. The highest BCUT2D eigenvalue weighted by molar-refractivity contribution is 5.99. The van der Waals surface area contributed by atoms with E-state index >= 15 is 0 Å². The molecule has 0 aliphatic carbocycles. The maximum Gasteiger partial charge on any atom is 0.245 e. The Labute approximate surface area is 292 Å². The van der Waals surface area contributed by atoms with Gasteiger partial charge in [-0.05, 0) is 62.2 Å². The normalized spacial score (nSPS) is 26.5. The highest BCUT2D eigenvalue weighted by atomic mass is 16.2. The van der Waals surface area contributed by atoms with E-state index in [2.05, 4.69) is 26.6 Å². The number of carbonyl (C=O) groups excluding carboxylic acids is 7. The Hall–Kier alpha value is -3.71. The highest BCUT2D eigenvalue weighted by Gasteiger charge is 2.41. The lowest BCUT2D eigenvalue weighted by Crippen LogP contribution is -2.62. The van der Waals surface area contributed by atoms with Crippen LogP contribution in [0.15, 0.2) is 0 Å². The first-order valence-corrected chi connectivity index (χ1v) is 17.8. The van der Waals surface area contributed by atoms with Crippen LogP contribution in [0.3, 0.4) is 0 Å². The second kappa shape index (κ2) is 18.9. The van der Waals surface area contributed by atoms with Gasteiger partial charge in [-0.1, -0.05) is 55.4 Å². The number of hydrogen-bond donors (Lipinski definition) is 5. The van der Waals surface area contributed by atoms with Gasteiger partial charge >= 0.3 is 0 Å². The molecular weight excluding hydrogens is 630 g/mol. The summed E-state index contributed by atoms with van der Waals surface area (Å²) >= 11 is 0. The van der Waals surface area contributed by atoms with E-state index in [-0.39, 0.29) is 55.9 Å². The Bertz CT molecular complexity index is 1200. The van der Waals surface area contributed by atoms with Crippen LogP contribution in [0.25, 0.3) is 0 Å². The van der Waals surface area contributed by atoms with Gasteiger partial charge in [0.15, 0.2) is 0 Å². The van der Waals surface area contributed by atoms with Gasteiger partial charge in [0, 0.05) is 20.6 Å². The third kappa shape index (κ3) is 12.9. The third-order valence-electron chi connectivity index (χ3n) is 8.69. The molecule has 2 rings (SSSR count). The first-order chi connectivity index (χ1) is 22.8. The monoisotopic (exact) mass is 691 g/mol. The Balaban J connectivity index is 2.67. The van der Waals surface area contributed by atoms with E-state index in [0.717, 1.165) is 0 Å². The molecule has 0 bridgehead atoms. The topological polar surface area (TPSA) is 186 Å². The summed E-state index contributed by atoms with van der Waals surface area (Å²) < 4.78 is 0. The minimum Gasteiger partial charge on any atom is -0.349 e. The quantitative estimate of drug-likeness (QED) is 0.227. The zero-order chi connectivity index (χ0) is 37.2. The van der Waals surface area contributed by atoms with E-state index in [1.807, 2.05) is 55.4 Å². The molecule has 2 aliphatic heterocycles. The van der Waals surface area contributed by atoms with E-state index in [1.165, 1.54) is 23.9 Å².